The van der Waals surface area contributed by atoms with Crippen LogP contribution in [0.25, 0.3) is 0 Å². The number of anilines is 2. The van der Waals surface area contributed by atoms with Crippen molar-refractivity contribution in [1.82, 2.24) is 0 Å². The van der Waals surface area contributed by atoms with Gasteiger partial charge in [-0.05, 0) is 36.2 Å². The molecule has 0 radical (unpaired) electrons. The van der Waals surface area contributed by atoms with Crippen molar-refractivity contribution in [3.8, 4) is 0 Å². The van der Waals surface area contributed by atoms with Crippen molar-refractivity contribution in [3.63, 3.8) is 0 Å². The molecular weight excluding hydrogens is 288 g/mol. The molecule has 0 fully saturated rings. The second-order valence-corrected chi connectivity index (χ2v) is 6.26. The third-order valence-corrected chi connectivity index (χ3v) is 4.37. The van der Waals surface area contributed by atoms with Crippen molar-refractivity contribution in [1.29, 1.82) is 0 Å². The van der Waals surface area contributed by atoms with E-state index in [1.165, 1.54) is 12.1 Å². The average Bonchev–Trinajstić information content (AvgIpc) is 2.46. The van der Waals surface area contributed by atoms with Crippen LogP contribution in [0.1, 0.15) is 5.56 Å². The average molecular weight is 306 g/mol. The lowest BCUT2D eigenvalue weighted by Crippen LogP contribution is -2.14. The Morgan fingerprint density at radius 3 is 2.62 bits per heavy atom. The summed E-state index contributed by atoms with van der Waals surface area (Å²) in [6, 6.07) is 13.4. The molecule has 0 heterocycles. The Labute approximate surface area is 124 Å². The maximum Gasteiger partial charge on any atom is 0.261 e. The van der Waals surface area contributed by atoms with E-state index in [-0.39, 0.29) is 4.90 Å². The van der Waals surface area contributed by atoms with Crippen LogP contribution in [0.15, 0.2) is 53.4 Å². The van der Waals surface area contributed by atoms with Crippen LogP contribution in [0.2, 0.25) is 0 Å². The van der Waals surface area contributed by atoms with Crippen LogP contribution in [0, 0.1) is 0 Å². The number of nitrogens with one attached hydrogen (secondary N) is 1. The summed E-state index contributed by atoms with van der Waals surface area (Å²) in [5.41, 5.74) is 7.48. The van der Waals surface area contributed by atoms with Gasteiger partial charge >= 0.3 is 0 Å². The molecule has 0 bridgehead atoms. The molecule has 0 unspecified atom stereocenters. The van der Waals surface area contributed by atoms with Crippen LogP contribution in [0.3, 0.4) is 0 Å². The highest BCUT2D eigenvalue weighted by Crippen LogP contribution is 2.21. The number of benzene rings is 2. The summed E-state index contributed by atoms with van der Waals surface area (Å²) in [5, 5.41) is 0. The number of ether oxygens (including phenoxy) is 1. The van der Waals surface area contributed by atoms with Gasteiger partial charge in [0.25, 0.3) is 10.0 Å². The Kier molecular flexibility index (Phi) is 4.82. The van der Waals surface area contributed by atoms with Crippen LogP contribution in [0.5, 0.6) is 0 Å². The number of para-hydroxylation sites is 1. The molecule has 2 aromatic rings. The number of nitrogens with two attached hydrogens (primary N) is 1. The third kappa shape index (κ3) is 3.96. The summed E-state index contributed by atoms with van der Waals surface area (Å²) in [7, 11) is -2.04. The zero-order valence-electron chi connectivity index (χ0n) is 11.7. The highest BCUT2D eigenvalue weighted by Gasteiger charge is 2.15. The third-order valence-electron chi connectivity index (χ3n) is 3.01. The zero-order chi connectivity index (χ0) is 15.3. The monoisotopic (exact) mass is 306 g/mol. The fraction of sp³-hybridized carbons (Fsp3) is 0.200. The van der Waals surface area contributed by atoms with Crippen LogP contribution in [-0.4, -0.2) is 22.1 Å². The zero-order valence-corrected chi connectivity index (χ0v) is 12.6. The summed E-state index contributed by atoms with van der Waals surface area (Å²) in [4.78, 5) is 0.143. The van der Waals surface area contributed by atoms with Gasteiger partial charge in [0, 0.05) is 12.8 Å². The van der Waals surface area contributed by atoms with Crippen molar-refractivity contribution >= 4 is 21.4 Å². The van der Waals surface area contributed by atoms with Gasteiger partial charge in [0.15, 0.2) is 0 Å². The van der Waals surface area contributed by atoms with Crippen molar-refractivity contribution in [3.05, 3.63) is 54.1 Å². The van der Waals surface area contributed by atoms with Crippen LogP contribution >= 0.6 is 0 Å². The summed E-state index contributed by atoms with van der Waals surface area (Å²) in [6.45, 7) is 0.525. The minimum Gasteiger partial charge on any atom is -0.399 e. The maximum absolute atomic E-state index is 12.4. The molecular formula is C15H18N2O3S. The van der Waals surface area contributed by atoms with Crippen LogP contribution in [0.4, 0.5) is 11.4 Å². The second-order valence-electron chi connectivity index (χ2n) is 4.58. The second kappa shape index (κ2) is 6.60. The van der Waals surface area contributed by atoms with Crippen molar-refractivity contribution in [2.75, 3.05) is 24.2 Å². The van der Waals surface area contributed by atoms with Gasteiger partial charge in [-0.15, -0.1) is 0 Å². The van der Waals surface area contributed by atoms with E-state index in [0.717, 1.165) is 5.56 Å². The van der Waals surface area contributed by atoms with Gasteiger partial charge in [0.1, 0.15) is 0 Å². The van der Waals surface area contributed by atoms with Crippen LogP contribution < -0.4 is 10.5 Å². The van der Waals surface area contributed by atoms with Crippen molar-refractivity contribution in [2.45, 2.75) is 11.3 Å². The molecule has 0 saturated heterocycles. The summed E-state index contributed by atoms with van der Waals surface area (Å²) < 4.78 is 32.4. The molecule has 0 atom stereocenters. The normalized spacial score (nSPS) is 11.3. The molecule has 0 aliphatic heterocycles. The molecule has 2 aromatic carbocycles. The molecule has 0 saturated carbocycles. The Hall–Kier alpha value is -2.05. The Balaban J connectivity index is 2.29. The minimum atomic E-state index is -3.65. The van der Waals surface area contributed by atoms with Gasteiger partial charge in [-0.3, -0.25) is 4.72 Å². The van der Waals surface area contributed by atoms with Crippen molar-refractivity contribution < 1.29 is 13.2 Å². The first-order valence-electron chi connectivity index (χ1n) is 6.48. The molecule has 0 spiro atoms. The van der Waals surface area contributed by atoms with E-state index in [1.807, 2.05) is 12.1 Å². The van der Waals surface area contributed by atoms with Gasteiger partial charge in [0.2, 0.25) is 0 Å². The molecule has 5 nitrogen and oxygen atoms in total. The fourth-order valence-electron chi connectivity index (χ4n) is 1.94. The summed E-state index contributed by atoms with van der Waals surface area (Å²) in [5.74, 6) is 0. The van der Waals surface area contributed by atoms with E-state index in [9.17, 15) is 8.42 Å². The van der Waals surface area contributed by atoms with E-state index in [1.54, 1.807) is 31.4 Å². The number of nitrogen functional groups attached to an aromatic ring is 1. The first kappa shape index (κ1) is 15.3. The molecule has 0 aliphatic carbocycles. The number of rotatable bonds is 6. The van der Waals surface area contributed by atoms with Crippen LogP contribution in [-0.2, 0) is 21.2 Å². The minimum absolute atomic E-state index is 0.143. The number of hydrogen-bond acceptors (Lipinski definition) is 4. The van der Waals surface area contributed by atoms with E-state index in [0.29, 0.717) is 24.4 Å². The SMILES string of the molecule is COCCc1ccccc1NS(=O)(=O)c1cccc(N)c1. The van der Waals surface area contributed by atoms with Gasteiger partial charge < -0.3 is 10.5 Å². The molecule has 21 heavy (non-hydrogen) atoms. The smallest absolute Gasteiger partial charge is 0.261 e. The topological polar surface area (TPSA) is 81.4 Å². The molecule has 112 valence electrons. The molecule has 0 aliphatic rings. The Morgan fingerprint density at radius 1 is 1.14 bits per heavy atom. The molecule has 3 N–H and O–H groups in total. The highest BCUT2D eigenvalue weighted by molar-refractivity contribution is 7.92. The predicted octanol–water partition coefficient (Wildman–Crippen LogP) is 2.26. The highest BCUT2D eigenvalue weighted by atomic mass is 32.2. The molecule has 6 heteroatoms. The van der Waals surface area contributed by atoms with E-state index in [2.05, 4.69) is 4.72 Å². The summed E-state index contributed by atoms with van der Waals surface area (Å²) >= 11 is 0. The number of sulfonamides is 1. The van der Waals surface area contributed by atoms with Gasteiger partial charge in [-0.2, -0.15) is 0 Å². The first-order valence-corrected chi connectivity index (χ1v) is 7.96. The largest absolute Gasteiger partial charge is 0.399 e. The maximum atomic E-state index is 12.4. The number of methoxy groups -OCH3 is 1. The van der Waals surface area contributed by atoms with Gasteiger partial charge in [-0.25, -0.2) is 8.42 Å². The Morgan fingerprint density at radius 2 is 1.90 bits per heavy atom. The van der Waals surface area contributed by atoms with E-state index in [4.69, 9.17) is 10.5 Å². The fourth-order valence-corrected chi connectivity index (χ4v) is 3.09. The van der Waals surface area contributed by atoms with Crippen molar-refractivity contribution in [2.24, 2.45) is 0 Å². The van der Waals surface area contributed by atoms with Gasteiger partial charge in [-0.1, -0.05) is 24.3 Å². The first-order chi connectivity index (χ1) is 10.0. The summed E-state index contributed by atoms with van der Waals surface area (Å²) in [6.07, 6.45) is 0.631. The number of hydrogen-bond donors (Lipinski definition) is 2. The predicted molar refractivity (Wildman–Crippen MR) is 83.7 cm³/mol. The Bertz CT molecular complexity index is 714. The molecule has 2 rings (SSSR count). The molecule has 0 amide bonds. The molecule has 0 aromatic heterocycles. The lowest BCUT2D eigenvalue weighted by Gasteiger charge is -2.12. The van der Waals surface area contributed by atoms with E-state index >= 15 is 0 Å². The quantitative estimate of drug-likeness (QED) is 0.802. The van der Waals surface area contributed by atoms with E-state index < -0.39 is 10.0 Å². The standard InChI is InChI=1S/C15H18N2O3S/c1-20-10-9-12-5-2-3-8-15(12)17-21(18,19)14-7-4-6-13(16)11-14/h2-8,11,17H,9-10,16H2,1H3. The lowest BCUT2D eigenvalue weighted by atomic mass is 10.1. The lowest BCUT2D eigenvalue weighted by molar-refractivity contribution is 0.202. The van der Waals surface area contributed by atoms with Gasteiger partial charge in [0.05, 0.1) is 17.2 Å².